The molecule has 5 nitrogen and oxygen atoms in total. The number of para-hydroxylation sites is 2. The minimum atomic E-state index is -0.324. The molecule has 1 aliphatic heterocycles. The molecule has 1 aromatic carbocycles. The molecule has 0 amide bonds. The van der Waals surface area contributed by atoms with E-state index >= 15 is 0 Å². The number of carbonyl (C=O) groups is 1. The van der Waals surface area contributed by atoms with Crippen LogP contribution in [0.5, 0.6) is 0 Å². The molecule has 0 bridgehead atoms. The minimum absolute atomic E-state index is 0.324. The fraction of sp³-hybridized carbons (Fsp3) is 0.556. The molecule has 0 atom stereocenters. The lowest BCUT2D eigenvalue weighted by Gasteiger charge is -2.31. The van der Waals surface area contributed by atoms with Crippen molar-refractivity contribution in [2.45, 2.75) is 33.2 Å². The summed E-state index contributed by atoms with van der Waals surface area (Å²) in [4.78, 5) is 19.2. The maximum atomic E-state index is 12.3. The normalized spacial score (nSPS) is 16.8. The number of hydrogen-bond acceptors (Lipinski definition) is 4. The molecule has 1 aliphatic rings. The molecule has 1 saturated heterocycles. The number of likely N-dealkylation sites (tertiary alicyclic amines) is 1. The zero-order chi connectivity index (χ0) is 16.2. The monoisotopic (exact) mass is 315 g/mol. The number of aromatic nitrogens is 2. The van der Waals surface area contributed by atoms with Crippen LogP contribution in [0.1, 0.15) is 37.3 Å². The van der Waals surface area contributed by atoms with E-state index < -0.39 is 0 Å². The summed E-state index contributed by atoms with van der Waals surface area (Å²) in [5.41, 5.74) is 1.88. The first-order chi connectivity index (χ1) is 11.2. The summed E-state index contributed by atoms with van der Waals surface area (Å²) < 4.78 is 7.25. The molecule has 124 valence electrons. The van der Waals surface area contributed by atoms with Crippen molar-refractivity contribution < 1.29 is 9.53 Å². The number of imidazole rings is 1. The van der Waals surface area contributed by atoms with Gasteiger partial charge in [0.1, 0.15) is 0 Å². The van der Waals surface area contributed by atoms with Gasteiger partial charge in [0.05, 0.1) is 17.6 Å². The van der Waals surface area contributed by atoms with Gasteiger partial charge in [-0.05, 0) is 57.5 Å². The van der Waals surface area contributed by atoms with Crippen molar-refractivity contribution in [3.8, 4) is 0 Å². The fourth-order valence-electron chi connectivity index (χ4n) is 3.36. The highest BCUT2D eigenvalue weighted by Gasteiger charge is 2.23. The first-order valence-electron chi connectivity index (χ1n) is 8.57. The van der Waals surface area contributed by atoms with Crippen molar-refractivity contribution in [1.82, 2.24) is 14.5 Å². The fourth-order valence-corrected chi connectivity index (χ4v) is 3.36. The van der Waals surface area contributed by atoms with Crippen molar-refractivity contribution in [3.63, 3.8) is 0 Å². The molecule has 3 rings (SSSR count). The van der Waals surface area contributed by atoms with E-state index in [1.165, 1.54) is 12.8 Å². The Bertz CT molecular complexity index is 672. The Balaban J connectivity index is 1.86. The van der Waals surface area contributed by atoms with Gasteiger partial charge in [0, 0.05) is 6.54 Å². The molecule has 0 spiro atoms. The number of fused-ring (bicyclic) bond motifs is 1. The maximum Gasteiger partial charge on any atom is 0.374 e. The largest absolute Gasteiger partial charge is 0.460 e. The Morgan fingerprint density at radius 1 is 1.26 bits per heavy atom. The minimum Gasteiger partial charge on any atom is -0.460 e. The predicted molar refractivity (Wildman–Crippen MR) is 90.5 cm³/mol. The van der Waals surface area contributed by atoms with Crippen molar-refractivity contribution in [2.24, 2.45) is 5.92 Å². The highest BCUT2D eigenvalue weighted by atomic mass is 16.5. The SMILES string of the molecule is CCOC(=O)c1nc2ccccc2n1CC1CCN(CC)CC1. The number of esters is 1. The predicted octanol–water partition coefficient (Wildman–Crippen LogP) is 2.94. The van der Waals surface area contributed by atoms with Gasteiger partial charge in [-0.1, -0.05) is 19.1 Å². The van der Waals surface area contributed by atoms with Crippen LogP contribution in [-0.4, -0.2) is 46.7 Å². The summed E-state index contributed by atoms with van der Waals surface area (Å²) in [6, 6.07) is 7.93. The summed E-state index contributed by atoms with van der Waals surface area (Å²) in [5, 5.41) is 0. The molecule has 2 heterocycles. The molecule has 0 aliphatic carbocycles. The number of benzene rings is 1. The van der Waals surface area contributed by atoms with Gasteiger partial charge >= 0.3 is 5.97 Å². The second-order valence-electron chi connectivity index (χ2n) is 6.13. The van der Waals surface area contributed by atoms with Crippen LogP contribution in [-0.2, 0) is 11.3 Å². The Hall–Kier alpha value is -1.88. The van der Waals surface area contributed by atoms with E-state index in [-0.39, 0.29) is 5.97 Å². The van der Waals surface area contributed by atoms with Gasteiger partial charge in [-0.2, -0.15) is 0 Å². The number of rotatable bonds is 5. The first-order valence-corrected chi connectivity index (χ1v) is 8.57. The maximum absolute atomic E-state index is 12.3. The van der Waals surface area contributed by atoms with Gasteiger partial charge in [-0.3, -0.25) is 0 Å². The molecule has 0 radical (unpaired) electrons. The summed E-state index contributed by atoms with van der Waals surface area (Å²) in [6.45, 7) is 8.65. The standard InChI is InChI=1S/C18H25N3O2/c1-3-20-11-9-14(10-12-20)13-21-16-8-6-5-7-15(16)19-17(21)18(22)23-4-2/h5-8,14H,3-4,9-13H2,1-2H3. The summed E-state index contributed by atoms with van der Waals surface area (Å²) in [6.07, 6.45) is 2.34. The van der Waals surface area contributed by atoms with Gasteiger partial charge in [-0.15, -0.1) is 0 Å². The van der Waals surface area contributed by atoms with Crippen LogP contribution >= 0.6 is 0 Å². The number of ether oxygens (including phenoxy) is 1. The summed E-state index contributed by atoms with van der Waals surface area (Å²) in [5.74, 6) is 0.698. The Labute approximate surface area is 137 Å². The Morgan fingerprint density at radius 2 is 2.00 bits per heavy atom. The Kier molecular flexibility index (Phi) is 4.96. The molecule has 0 unspecified atom stereocenters. The molecule has 1 aromatic heterocycles. The number of carbonyl (C=O) groups excluding carboxylic acids is 1. The lowest BCUT2D eigenvalue weighted by Crippen LogP contribution is -2.35. The summed E-state index contributed by atoms with van der Waals surface area (Å²) >= 11 is 0. The van der Waals surface area contributed by atoms with Gasteiger partial charge in [0.15, 0.2) is 0 Å². The first kappa shape index (κ1) is 16.0. The van der Waals surface area contributed by atoms with Crippen LogP contribution in [0.15, 0.2) is 24.3 Å². The zero-order valence-corrected chi connectivity index (χ0v) is 14.0. The molecule has 5 heteroatoms. The highest BCUT2D eigenvalue weighted by molar-refractivity contribution is 5.91. The zero-order valence-electron chi connectivity index (χ0n) is 14.0. The molecule has 0 saturated carbocycles. The number of nitrogens with zero attached hydrogens (tertiary/aromatic N) is 3. The van der Waals surface area contributed by atoms with Crippen molar-refractivity contribution >= 4 is 17.0 Å². The smallest absolute Gasteiger partial charge is 0.374 e. The second kappa shape index (κ2) is 7.13. The van der Waals surface area contributed by atoms with Gasteiger partial charge in [0.2, 0.25) is 5.82 Å². The van der Waals surface area contributed by atoms with Crippen LogP contribution < -0.4 is 0 Å². The average Bonchev–Trinajstić information content (AvgIpc) is 2.95. The lowest BCUT2D eigenvalue weighted by atomic mass is 9.96. The van der Waals surface area contributed by atoms with E-state index in [1.54, 1.807) is 0 Å². The second-order valence-corrected chi connectivity index (χ2v) is 6.13. The van der Waals surface area contributed by atoms with Crippen LogP contribution in [0.2, 0.25) is 0 Å². The van der Waals surface area contributed by atoms with E-state index in [1.807, 2.05) is 31.2 Å². The van der Waals surface area contributed by atoms with Gasteiger partial charge in [0.25, 0.3) is 0 Å². The third kappa shape index (κ3) is 3.39. The average molecular weight is 315 g/mol. The van der Waals surface area contributed by atoms with E-state index in [0.717, 1.165) is 37.2 Å². The molecule has 1 fully saturated rings. The molecular formula is C18H25N3O2. The molecule has 23 heavy (non-hydrogen) atoms. The summed E-state index contributed by atoms with van der Waals surface area (Å²) in [7, 11) is 0. The van der Waals surface area contributed by atoms with Crippen LogP contribution in [0.4, 0.5) is 0 Å². The van der Waals surface area contributed by atoms with Crippen LogP contribution in [0, 0.1) is 5.92 Å². The van der Waals surface area contributed by atoms with Gasteiger partial charge < -0.3 is 14.2 Å². The lowest BCUT2D eigenvalue weighted by molar-refractivity contribution is 0.0504. The van der Waals surface area contributed by atoms with E-state index in [4.69, 9.17) is 4.74 Å². The third-order valence-corrected chi connectivity index (χ3v) is 4.71. The van der Waals surface area contributed by atoms with E-state index in [9.17, 15) is 4.79 Å². The van der Waals surface area contributed by atoms with Gasteiger partial charge in [-0.25, -0.2) is 9.78 Å². The van der Waals surface area contributed by atoms with Crippen molar-refractivity contribution in [3.05, 3.63) is 30.1 Å². The number of piperidine rings is 1. The highest BCUT2D eigenvalue weighted by Crippen LogP contribution is 2.23. The molecule has 2 aromatic rings. The van der Waals surface area contributed by atoms with E-state index in [2.05, 4.69) is 21.4 Å². The number of hydrogen-bond donors (Lipinski definition) is 0. The topological polar surface area (TPSA) is 47.4 Å². The van der Waals surface area contributed by atoms with Crippen molar-refractivity contribution in [2.75, 3.05) is 26.2 Å². The molecule has 0 N–H and O–H groups in total. The molecular weight excluding hydrogens is 290 g/mol. The Morgan fingerprint density at radius 3 is 2.70 bits per heavy atom. The third-order valence-electron chi connectivity index (χ3n) is 4.71. The quantitative estimate of drug-likeness (QED) is 0.796. The van der Waals surface area contributed by atoms with E-state index in [0.29, 0.717) is 18.3 Å². The van der Waals surface area contributed by atoms with Crippen LogP contribution in [0.25, 0.3) is 11.0 Å². The van der Waals surface area contributed by atoms with Crippen LogP contribution in [0.3, 0.4) is 0 Å². The van der Waals surface area contributed by atoms with Crippen molar-refractivity contribution in [1.29, 1.82) is 0 Å².